The number of esters is 1. The molecule has 1 amide bonds. The Morgan fingerprint density at radius 3 is 2.43 bits per heavy atom. The number of carbonyl (C=O) groups excluding carboxylic acids is 2. The maximum atomic E-state index is 12.3. The van der Waals surface area contributed by atoms with Crippen LogP contribution in [-0.4, -0.2) is 24.6 Å². The molecule has 0 fully saturated rings. The Balaban J connectivity index is 1.63. The van der Waals surface area contributed by atoms with Gasteiger partial charge in [-0.15, -0.1) is 0 Å². The Morgan fingerprint density at radius 1 is 0.929 bits per heavy atom. The molecule has 0 aliphatic heterocycles. The van der Waals surface area contributed by atoms with Crippen LogP contribution in [0.2, 0.25) is 0 Å². The lowest BCUT2D eigenvalue weighted by molar-refractivity contribution is -0.123. The first-order chi connectivity index (χ1) is 13.4. The van der Waals surface area contributed by atoms with Crippen LogP contribution in [0.3, 0.4) is 0 Å². The van der Waals surface area contributed by atoms with Gasteiger partial charge in [-0.05, 0) is 48.0 Å². The molecule has 0 saturated carbocycles. The Kier molecular flexibility index (Phi) is 5.84. The summed E-state index contributed by atoms with van der Waals surface area (Å²) in [6.07, 6.45) is -1.08. The van der Waals surface area contributed by atoms with Crippen molar-refractivity contribution >= 4 is 28.3 Å². The number of fused-ring (bicyclic) bond motifs is 1. The van der Waals surface area contributed by atoms with E-state index in [0.29, 0.717) is 5.69 Å². The molecular weight excluding hydrogens is 368 g/mol. The van der Waals surface area contributed by atoms with E-state index in [9.17, 15) is 18.4 Å². The van der Waals surface area contributed by atoms with Gasteiger partial charge in [-0.1, -0.05) is 36.4 Å². The summed E-state index contributed by atoms with van der Waals surface area (Å²) in [5, 5.41) is 4.68. The van der Waals surface area contributed by atoms with Gasteiger partial charge in [0.25, 0.3) is 5.91 Å². The van der Waals surface area contributed by atoms with Crippen molar-refractivity contribution in [3.63, 3.8) is 0 Å². The van der Waals surface area contributed by atoms with Crippen molar-refractivity contribution in [3.05, 3.63) is 72.3 Å². The summed E-state index contributed by atoms with van der Waals surface area (Å²) in [7, 11) is 0. The molecule has 144 valence electrons. The highest BCUT2D eigenvalue weighted by atomic mass is 19.3. The highest BCUT2D eigenvalue weighted by Gasteiger charge is 2.20. The minimum atomic E-state index is -3.00. The second kappa shape index (κ2) is 8.47. The zero-order valence-electron chi connectivity index (χ0n) is 14.9. The zero-order chi connectivity index (χ0) is 20.1. The minimum Gasteiger partial charge on any atom is -0.449 e. The molecule has 0 heterocycles. The van der Waals surface area contributed by atoms with Crippen LogP contribution in [0.25, 0.3) is 10.8 Å². The number of amides is 1. The van der Waals surface area contributed by atoms with Crippen LogP contribution in [0.15, 0.2) is 66.7 Å². The normalized spacial score (nSPS) is 11.9. The third kappa shape index (κ3) is 4.82. The predicted octanol–water partition coefficient (Wildman–Crippen LogP) is 4.63. The minimum absolute atomic E-state index is 0.00325. The molecule has 0 spiro atoms. The number of hydrogen-bond acceptors (Lipinski definition) is 4. The number of ether oxygens (including phenoxy) is 2. The summed E-state index contributed by atoms with van der Waals surface area (Å²) in [5.41, 5.74) is 0.572. The number of halogens is 2. The van der Waals surface area contributed by atoms with Crippen LogP contribution in [0.5, 0.6) is 5.75 Å². The Labute approximate surface area is 159 Å². The van der Waals surface area contributed by atoms with Crippen LogP contribution in [0, 0.1) is 0 Å². The monoisotopic (exact) mass is 385 g/mol. The summed E-state index contributed by atoms with van der Waals surface area (Å²) >= 11 is 0. The van der Waals surface area contributed by atoms with Gasteiger partial charge >= 0.3 is 12.6 Å². The lowest BCUT2D eigenvalue weighted by Crippen LogP contribution is -2.30. The molecule has 28 heavy (non-hydrogen) atoms. The summed E-state index contributed by atoms with van der Waals surface area (Å²) < 4.78 is 33.9. The van der Waals surface area contributed by atoms with Gasteiger partial charge in [0.2, 0.25) is 0 Å². The first-order valence-corrected chi connectivity index (χ1v) is 8.48. The summed E-state index contributed by atoms with van der Waals surface area (Å²) in [5.74, 6) is -1.50. The summed E-state index contributed by atoms with van der Waals surface area (Å²) in [6.45, 7) is -1.58. The van der Waals surface area contributed by atoms with Crippen molar-refractivity contribution in [2.45, 2.75) is 19.6 Å². The first kappa shape index (κ1) is 19.3. The molecule has 0 aliphatic rings. The molecule has 0 unspecified atom stereocenters. The molecule has 0 aromatic heterocycles. The number of hydrogen-bond donors (Lipinski definition) is 1. The Bertz CT molecular complexity index is 1010. The molecule has 0 saturated heterocycles. The molecule has 0 radical (unpaired) electrons. The molecular formula is C21H17F2NO4. The molecule has 1 atom stereocenters. The van der Waals surface area contributed by atoms with Gasteiger partial charge in [-0.25, -0.2) is 4.79 Å². The van der Waals surface area contributed by atoms with E-state index in [1.54, 1.807) is 6.07 Å². The average molecular weight is 385 g/mol. The Morgan fingerprint density at radius 2 is 1.68 bits per heavy atom. The van der Waals surface area contributed by atoms with Gasteiger partial charge < -0.3 is 14.8 Å². The molecule has 1 N–H and O–H groups in total. The van der Waals surface area contributed by atoms with Crippen molar-refractivity contribution in [1.82, 2.24) is 0 Å². The van der Waals surface area contributed by atoms with E-state index < -0.39 is 24.6 Å². The highest BCUT2D eigenvalue weighted by molar-refractivity contribution is 5.99. The van der Waals surface area contributed by atoms with E-state index in [4.69, 9.17) is 4.74 Å². The highest BCUT2D eigenvalue weighted by Crippen LogP contribution is 2.20. The largest absolute Gasteiger partial charge is 0.449 e. The van der Waals surface area contributed by atoms with E-state index in [1.165, 1.54) is 25.1 Å². The topological polar surface area (TPSA) is 64.6 Å². The molecule has 3 aromatic rings. The number of benzene rings is 3. The molecule has 0 bridgehead atoms. The third-order valence-electron chi connectivity index (χ3n) is 3.96. The van der Waals surface area contributed by atoms with Crippen LogP contribution in [0.1, 0.15) is 17.3 Å². The van der Waals surface area contributed by atoms with Crippen LogP contribution in [0.4, 0.5) is 14.5 Å². The maximum absolute atomic E-state index is 12.3. The number of alkyl halides is 2. The first-order valence-electron chi connectivity index (χ1n) is 8.48. The lowest BCUT2D eigenvalue weighted by Gasteiger charge is -2.14. The second-order valence-electron chi connectivity index (χ2n) is 6.01. The van der Waals surface area contributed by atoms with Crippen molar-refractivity contribution in [2.24, 2.45) is 0 Å². The fraction of sp³-hybridized carbons (Fsp3) is 0.143. The van der Waals surface area contributed by atoms with Crippen LogP contribution in [-0.2, 0) is 9.53 Å². The van der Waals surface area contributed by atoms with Crippen LogP contribution >= 0.6 is 0 Å². The number of nitrogens with one attached hydrogen (secondary N) is 1. The standard InChI is InChI=1S/C21H17F2NO4/c1-13(27-20(26)16-7-4-8-18(12-16)28-21(22)23)19(25)24-17-10-9-14-5-2-3-6-15(14)11-17/h2-13,21H,1H3,(H,24,25)/t13-/m0/s1. The molecule has 3 rings (SSSR count). The van der Waals surface area contributed by atoms with Crippen molar-refractivity contribution in [1.29, 1.82) is 0 Å². The van der Waals surface area contributed by atoms with Gasteiger partial charge in [0.1, 0.15) is 5.75 Å². The van der Waals surface area contributed by atoms with Crippen molar-refractivity contribution in [2.75, 3.05) is 5.32 Å². The van der Waals surface area contributed by atoms with E-state index >= 15 is 0 Å². The SMILES string of the molecule is C[C@H](OC(=O)c1cccc(OC(F)F)c1)C(=O)Nc1ccc2ccccc2c1. The summed E-state index contributed by atoms with van der Waals surface area (Å²) in [6, 6.07) is 18.3. The van der Waals surface area contributed by atoms with Crippen LogP contribution < -0.4 is 10.1 Å². The van der Waals surface area contributed by atoms with Gasteiger partial charge in [0, 0.05) is 5.69 Å². The quantitative estimate of drug-likeness (QED) is 0.629. The van der Waals surface area contributed by atoms with Gasteiger partial charge in [-0.2, -0.15) is 8.78 Å². The Hall–Kier alpha value is -3.48. The predicted molar refractivity (Wildman–Crippen MR) is 101 cm³/mol. The molecule has 5 nitrogen and oxygen atoms in total. The van der Waals surface area contributed by atoms with Crippen molar-refractivity contribution < 1.29 is 27.8 Å². The van der Waals surface area contributed by atoms with Crippen molar-refractivity contribution in [3.8, 4) is 5.75 Å². The van der Waals surface area contributed by atoms with Gasteiger partial charge in [-0.3, -0.25) is 4.79 Å². The van der Waals surface area contributed by atoms with E-state index in [2.05, 4.69) is 10.1 Å². The fourth-order valence-corrected chi connectivity index (χ4v) is 2.59. The van der Waals surface area contributed by atoms with Gasteiger partial charge in [0.05, 0.1) is 5.56 Å². The van der Waals surface area contributed by atoms with E-state index in [0.717, 1.165) is 16.8 Å². The lowest BCUT2D eigenvalue weighted by atomic mass is 10.1. The zero-order valence-corrected chi connectivity index (χ0v) is 14.9. The van der Waals surface area contributed by atoms with E-state index in [-0.39, 0.29) is 11.3 Å². The number of rotatable bonds is 6. The summed E-state index contributed by atoms with van der Waals surface area (Å²) in [4.78, 5) is 24.5. The van der Waals surface area contributed by atoms with E-state index in [1.807, 2.05) is 36.4 Å². The molecule has 0 aliphatic carbocycles. The van der Waals surface area contributed by atoms with Gasteiger partial charge in [0.15, 0.2) is 6.10 Å². The fourth-order valence-electron chi connectivity index (χ4n) is 2.59. The number of carbonyl (C=O) groups is 2. The molecule has 3 aromatic carbocycles. The molecule has 7 heteroatoms. The average Bonchev–Trinajstić information content (AvgIpc) is 2.67. The smallest absolute Gasteiger partial charge is 0.387 e. The second-order valence-corrected chi connectivity index (χ2v) is 6.01. The number of anilines is 1. The third-order valence-corrected chi connectivity index (χ3v) is 3.96. The maximum Gasteiger partial charge on any atom is 0.387 e.